The molecule has 0 unspecified atom stereocenters. The SMILES string of the molecule is C1=CCCC(n2c(-c3ccc(-c4c(-c5ccccc5)cccc4-c4ccc(-c5nc6ccccc6n5-c5ccccc5)cc4)cc3)nc3ccccc32)=C1. The van der Waals surface area contributed by atoms with Crippen LogP contribution in [0.25, 0.3) is 89.6 Å². The summed E-state index contributed by atoms with van der Waals surface area (Å²) in [6.45, 7) is 0. The quantitative estimate of drug-likeness (QED) is 0.167. The van der Waals surface area contributed by atoms with Crippen molar-refractivity contribution in [3.05, 3.63) is 194 Å². The molecule has 0 atom stereocenters. The Hall–Kier alpha value is -7.04. The molecular weight excluding hydrogens is 657 g/mol. The van der Waals surface area contributed by atoms with Gasteiger partial charge in [0.2, 0.25) is 0 Å². The third-order valence-corrected chi connectivity index (χ3v) is 10.5. The topological polar surface area (TPSA) is 35.6 Å². The summed E-state index contributed by atoms with van der Waals surface area (Å²) in [6.07, 6.45) is 8.63. The van der Waals surface area contributed by atoms with Crippen molar-refractivity contribution < 1.29 is 0 Å². The lowest BCUT2D eigenvalue weighted by Crippen LogP contribution is -2.01. The van der Waals surface area contributed by atoms with Gasteiger partial charge in [0.1, 0.15) is 11.6 Å². The van der Waals surface area contributed by atoms with Crippen LogP contribution in [0.3, 0.4) is 0 Å². The molecule has 7 aromatic carbocycles. The lowest BCUT2D eigenvalue weighted by molar-refractivity contribution is 0.960. The van der Waals surface area contributed by atoms with Crippen LogP contribution in [0.15, 0.2) is 194 Å². The summed E-state index contributed by atoms with van der Waals surface area (Å²) in [7, 11) is 0. The van der Waals surface area contributed by atoms with Crippen molar-refractivity contribution >= 4 is 27.8 Å². The minimum atomic E-state index is 0.925. The molecule has 0 amide bonds. The highest BCUT2D eigenvalue weighted by Gasteiger charge is 2.19. The van der Waals surface area contributed by atoms with E-state index in [2.05, 4.69) is 197 Å². The second-order valence-corrected chi connectivity index (χ2v) is 13.7. The maximum absolute atomic E-state index is 5.15. The van der Waals surface area contributed by atoms with E-state index in [0.717, 1.165) is 74.5 Å². The molecule has 1 aliphatic carbocycles. The van der Waals surface area contributed by atoms with E-state index in [1.165, 1.54) is 28.0 Å². The highest BCUT2D eigenvalue weighted by atomic mass is 15.1. The molecule has 2 aromatic heterocycles. The molecule has 1 aliphatic rings. The Morgan fingerprint density at radius 3 is 1.52 bits per heavy atom. The standard InChI is InChI=1S/C50H36N4/c1-4-15-35(16-5-1)42-21-14-22-43(36-27-31-38(32-28-36)49-51-44-23-10-12-25-46(44)53(49)40-17-6-2-7-18-40)48(42)37-29-33-39(34-30-37)50-52-45-24-11-13-26-47(45)54(50)41-19-8-3-9-20-41/h1-8,10-19,21-34H,9,20H2. The molecular formula is C50H36N4. The largest absolute Gasteiger partial charge is 0.296 e. The zero-order chi connectivity index (χ0) is 35.8. The van der Waals surface area contributed by atoms with Crippen LogP contribution in [-0.4, -0.2) is 19.1 Å². The van der Waals surface area contributed by atoms with Gasteiger partial charge in [-0.05, 0) is 88.7 Å². The lowest BCUT2D eigenvalue weighted by atomic mass is 9.87. The zero-order valence-corrected chi connectivity index (χ0v) is 29.7. The van der Waals surface area contributed by atoms with Gasteiger partial charge < -0.3 is 0 Å². The van der Waals surface area contributed by atoms with Crippen LogP contribution >= 0.6 is 0 Å². The number of nitrogens with zero attached hydrogens (tertiary/aromatic N) is 4. The maximum Gasteiger partial charge on any atom is 0.145 e. The summed E-state index contributed by atoms with van der Waals surface area (Å²) < 4.78 is 4.59. The van der Waals surface area contributed by atoms with Gasteiger partial charge in [0, 0.05) is 22.5 Å². The lowest BCUT2D eigenvalue weighted by Gasteiger charge is -2.18. The summed E-state index contributed by atoms with van der Waals surface area (Å²) in [6, 6.07) is 62.5. The van der Waals surface area contributed by atoms with Crippen molar-refractivity contribution in [3.8, 4) is 61.8 Å². The smallest absolute Gasteiger partial charge is 0.145 e. The third-order valence-electron chi connectivity index (χ3n) is 10.5. The Labute approximate surface area is 314 Å². The van der Waals surface area contributed by atoms with Crippen LogP contribution in [0.2, 0.25) is 0 Å². The van der Waals surface area contributed by atoms with E-state index in [-0.39, 0.29) is 0 Å². The Kier molecular flexibility index (Phi) is 7.92. The average molecular weight is 693 g/mol. The molecule has 0 spiro atoms. The van der Waals surface area contributed by atoms with Gasteiger partial charge in [-0.25, -0.2) is 9.97 Å². The Balaban J connectivity index is 1.09. The van der Waals surface area contributed by atoms with Gasteiger partial charge in [0.25, 0.3) is 0 Å². The van der Waals surface area contributed by atoms with Crippen LogP contribution in [0, 0.1) is 0 Å². The van der Waals surface area contributed by atoms with Gasteiger partial charge in [-0.15, -0.1) is 0 Å². The number of aromatic nitrogens is 4. The first-order valence-corrected chi connectivity index (χ1v) is 18.6. The van der Waals surface area contributed by atoms with E-state index in [4.69, 9.17) is 9.97 Å². The number of benzene rings is 7. The normalized spacial score (nSPS) is 12.7. The fourth-order valence-electron chi connectivity index (χ4n) is 7.89. The van der Waals surface area contributed by atoms with Gasteiger partial charge in [-0.3, -0.25) is 9.13 Å². The van der Waals surface area contributed by atoms with Crippen LogP contribution in [0.4, 0.5) is 0 Å². The second kappa shape index (κ2) is 13.5. The minimum absolute atomic E-state index is 0.925. The Morgan fingerprint density at radius 2 is 0.907 bits per heavy atom. The Morgan fingerprint density at radius 1 is 0.407 bits per heavy atom. The molecule has 0 N–H and O–H groups in total. The highest BCUT2D eigenvalue weighted by molar-refractivity contribution is 5.95. The number of hydrogen-bond donors (Lipinski definition) is 0. The molecule has 4 heteroatoms. The van der Waals surface area contributed by atoms with Gasteiger partial charge in [0.05, 0.1) is 22.1 Å². The van der Waals surface area contributed by atoms with Gasteiger partial charge in [-0.1, -0.05) is 152 Å². The molecule has 0 radical (unpaired) electrons. The van der Waals surface area contributed by atoms with E-state index in [1.807, 2.05) is 6.07 Å². The number of imidazole rings is 2. The maximum atomic E-state index is 5.15. The predicted molar refractivity (Wildman–Crippen MR) is 224 cm³/mol. The third kappa shape index (κ3) is 5.56. The van der Waals surface area contributed by atoms with E-state index >= 15 is 0 Å². The van der Waals surface area contributed by atoms with Crippen molar-refractivity contribution in [1.29, 1.82) is 0 Å². The summed E-state index contributed by atoms with van der Waals surface area (Å²) in [5, 5.41) is 0. The molecule has 9 aromatic rings. The van der Waals surface area contributed by atoms with Crippen molar-refractivity contribution in [2.45, 2.75) is 12.8 Å². The fraction of sp³-hybridized carbons (Fsp3) is 0.0400. The van der Waals surface area contributed by atoms with Crippen LogP contribution in [0.1, 0.15) is 12.8 Å². The van der Waals surface area contributed by atoms with Crippen molar-refractivity contribution in [1.82, 2.24) is 19.1 Å². The van der Waals surface area contributed by atoms with E-state index < -0.39 is 0 Å². The number of allylic oxidation sites excluding steroid dienone is 4. The Bertz CT molecular complexity index is 2840. The highest BCUT2D eigenvalue weighted by Crippen LogP contribution is 2.42. The van der Waals surface area contributed by atoms with E-state index in [0.29, 0.717) is 0 Å². The van der Waals surface area contributed by atoms with Crippen molar-refractivity contribution in [2.24, 2.45) is 0 Å². The first-order chi connectivity index (χ1) is 26.8. The van der Waals surface area contributed by atoms with Crippen LogP contribution in [0.5, 0.6) is 0 Å². The molecule has 0 saturated carbocycles. The first kappa shape index (κ1) is 31.7. The first-order valence-electron chi connectivity index (χ1n) is 18.6. The number of fused-ring (bicyclic) bond motifs is 2. The van der Waals surface area contributed by atoms with E-state index in [9.17, 15) is 0 Å². The van der Waals surface area contributed by atoms with Gasteiger partial charge >= 0.3 is 0 Å². The number of para-hydroxylation sites is 5. The molecule has 0 fully saturated rings. The number of hydrogen-bond acceptors (Lipinski definition) is 2. The zero-order valence-electron chi connectivity index (χ0n) is 29.7. The van der Waals surface area contributed by atoms with Crippen molar-refractivity contribution in [3.63, 3.8) is 0 Å². The average Bonchev–Trinajstić information content (AvgIpc) is 3.84. The summed E-state index contributed by atoms with van der Waals surface area (Å²) in [5.41, 5.74) is 15.8. The molecule has 2 heterocycles. The summed E-state index contributed by atoms with van der Waals surface area (Å²) in [5.74, 6) is 1.90. The molecule has 0 aliphatic heterocycles. The minimum Gasteiger partial charge on any atom is -0.296 e. The van der Waals surface area contributed by atoms with Crippen LogP contribution < -0.4 is 0 Å². The molecule has 10 rings (SSSR count). The fourth-order valence-corrected chi connectivity index (χ4v) is 7.89. The summed E-state index contributed by atoms with van der Waals surface area (Å²) >= 11 is 0. The molecule has 4 nitrogen and oxygen atoms in total. The molecule has 54 heavy (non-hydrogen) atoms. The van der Waals surface area contributed by atoms with Crippen LogP contribution in [-0.2, 0) is 0 Å². The summed E-state index contributed by atoms with van der Waals surface area (Å²) in [4.78, 5) is 10.3. The second-order valence-electron chi connectivity index (χ2n) is 13.7. The number of rotatable bonds is 7. The van der Waals surface area contributed by atoms with Gasteiger partial charge in [-0.2, -0.15) is 0 Å². The molecule has 0 saturated heterocycles. The van der Waals surface area contributed by atoms with E-state index in [1.54, 1.807) is 0 Å². The predicted octanol–water partition coefficient (Wildman–Crippen LogP) is 12.9. The van der Waals surface area contributed by atoms with Gasteiger partial charge in [0.15, 0.2) is 0 Å². The monoisotopic (exact) mass is 692 g/mol. The molecule has 256 valence electrons. The van der Waals surface area contributed by atoms with Crippen molar-refractivity contribution in [2.75, 3.05) is 0 Å². The molecule has 0 bridgehead atoms.